The standard InChI is InChI=1S/C18H32N4O/c1-18(2,14-22(4)5)13-21-17(19-3)20-11-16(12-23)15-9-7-6-8-10-15/h6-10,16,23H,11-14H2,1-5H3,(H2,19,20,21). The zero-order valence-corrected chi connectivity index (χ0v) is 15.1. The average molecular weight is 320 g/mol. The summed E-state index contributed by atoms with van der Waals surface area (Å²) in [6.07, 6.45) is 0. The molecule has 5 heteroatoms. The molecule has 1 atom stereocenters. The molecule has 1 rings (SSSR count). The molecule has 0 saturated heterocycles. The van der Waals surface area contributed by atoms with E-state index in [0.29, 0.717) is 6.54 Å². The summed E-state index contributed by atoms with van der Waals surface area (Å²) in [6, 6.07) is 10.1. The summed E-state index contributed by atoms with van der Waals surface area (Å²) < 4.78 is 0. The molecule has 23 heavy (non-hydrogen) atoms. The molecule has 3 N–H and O–H groups in total. The van der Waals surface area contributed by atoms with Crippen LogP contribution in [-0.2, 0) is 0 Å². The van der Waals surface area contributed by atoms with Crippen molar-refractivity contribution in [1.82, 2.24) is 15.5 Å². The number of rotatable bonds is 8. The van der Waals surface area contributed by atoms with Crippen molar-refractivity contribution in [3.63, 3.8) is 0 Å². The Labute approximate surface area is 140 Å². The van der Waals surface area contributed by atoms with E-state index in [-0.39, 0.29) is 17.9 Å². The molecule has 1 unspecified atom stereocenters. The quantitative estimate of drug-likeness (QED) is 0.502. The molecular formula is C18H32N4O. The third-order valence-electron chi connectivity index (χ3n) is 3.71. The van der Waals surface area contributed by atoms with Crippen LogP contribution in [0.4, 0.5) is 0 Å². The molecule has 0 aliphatic heterocycles. The maximum atomic E-state index is 9.62. The lowest BCUT2D eigenvalue weighted by Crippen LogP contribution is -2.45. The molecule has 0 aromatic heterocycles. The Hall–Kier alpha value is -1.59. The van der Waals surface area contributed by atoms with Gasteiger partial charge in [0.05, 0.1) is 6.61 Å². The Balaban J connectivity index is 2.50. The average Bonchev–Trinajstić information content (AvgIpc) is 2.50. The van der Waals surface area contributed by atoms with Crippen LogP contribution < -0.4 is 10.6 Å². The van der Waals surface area contributed by atoms with Crippen LogP contribution in [0.2, 0.25) is 0 Å². The molecule has 0 bridgehead atoms. The maximum Gasteiger partial charge on any atom is 0.191 e. The van der Waals surface area contributed by atoms with Crippen LogP contribution in [0.25, 0.3) is 0 Å². The van der Waals surface area contributed by atoms with Gasteiger partial charge in [0.1, 0.15) is 0 Å². The van der Waals surface area contributed by atoms with Gasteiger partial charge in [-0.25, -0.2) is 0 Å². The van der Waals surface area contributed by atoms with Crippen molar-refractivity contribution in [2.75, 3.05) is 47.4 Å². The number of nitrogens with one attached hydrogen (secondary N) is 2. The third kappa shape index (κ3) is 7.48. The van der Waals surface area contributed by atoms with E-state index in [2.05, 4.69) is 48.5 Å². The zero-order valence-electron chi connectivity index (χ0n) is 15.1. The highest BCUT2D eigenvalue weighted by Gasteiger charge is 2.19. The van der Waals surface area contributed by atoms with Crippen molar-refractivity contribution in [2.45, 2.75) is 19.8 Å². The Morgan fingerprint density at radius 3 is 2.39 bits per heavy atom. The minimum Gasteiger partial charge on any atom is -0.396 e. The summed E-state index contributed by atoms with van der Waals surface area (Å²) in [5.41, 5.74) is 1.28. The Bertz CT molecular complexity index is 471. The monoisotopic (exact) mass is 320 g/mol. The molecule has 0 fully saturated rings. The number of hydrogen-bond donors (Lipinski definition) is 3. The molecule has 0 spiro atoms. The van der Waals surface area contributed by atoms with Gasteiger partial charge in [0, 0.05) is 32.6 Å². The van der Waals surface area contributed by atoms with Crippen LogP contribution in [0.15, 0.2) is 35.3 Å². The molecular weight excluding hydrogens is 288 g/mol. The fourth-order valence-corrected chi connectivity index (χ4v) is 2.69. The van der Waals surface area contributed by atoms with E-state index in [4.69, 9.17) is 0 Å². The summed E-state index contributed by atoms with van der Waals surface area (Å²) in [5.74, 6) is 0.829. The van der Waals surface area contributed by atoms with Crippen molar-refractivity contribution < 1.29 is 5.11 Å². The van der Waals surface area contributed by atoms with E-state index in [1.165, 1.54) is 0 Å². The smallest absolute Gasteiger partial charge is 0.191 e. The van der Waals surface area contributed by atoms with Crippen LogP contribution in [0.1, 0.15) is 25.3 Å². The summed E-state index contributed by atoms with van der Waals surface area (Å²) >= 11 is 0. The highest BCUT2D eigenvalue weighted by Crippen LogP contribution is 2.15. The third-order valence-corrected chi connectivity index (χ3v) is 3.71. The van der Waals surface area contributed by atoms with Gasteiger partial charge in [-0.3, -0.25) is 4.99 Å². The number of nitrogens with zero attached hydrogens (tertiary/aromatic N) is 2. The Morgan fingerprint density at radius 1 is 1.22 bits per heavy atom. The number of aliphatic imine (C=N–C) groups is 1. The lowest BCUT2D eigenvalue weighted by Gasteiger charge is -2.29. The molecule has 0 amide bonds. The SMILES string of the molecule is CN=C(NCC(CO)c1ccccc1)NCC(C)(C)CN(C)C. The second kappa shape index (κ2) is 9.53. The van der Waals surface area contributed by atoms with Crippen LogP contribution in [0.3, 0.4) is 0 Å². The van der Waals surface area contributed by atoms with Crippen molar-refractivity contribution in [1.29, 1.82) is 0 Å². The van der Waals surface area contributed by atoms with Gasteiger partial charge >= 0.3 is 0 Å². The summed E-state index contributed by atoms with van der Waals surface area (Å²) in [7, 11) is 5.94. The van der Waals surface area contributed by atoms with Gasteiger partial charge in [-0.05, 0) is 25.1 Å². The highest BCUT2D eigenvalue weighted by molar-refractivity contribution is 5.79. The minimum atomic E-state index is 0.0598. The number of hydrogen-bond acceptors (Lipinski definition) is 3. The van der Waals surface area contributed by atoms with Crippen LogP contribution in [0, 0.1) is 5.41 Å². The predicted octanol–water partition coefficient (Wildman–Crippen LogP) is 1.52. The second-order valence-corrected chi connectivity index (χ2v) is 7.00. The van der Waals surface area contributed by atoms with Crippen molar-refractivity contribution >= 4 is 5.96 Å². The second-order valence-electron chi connectivity index (χ2n) is 7.00. The van der Waals surface area contributed by atoms with Crippen molar-refractivity contribution in [3.05, 3.63) is 35.9 Å². The molecule has 0 aliphatic rings. The lowest BCUT2D eigenvalue weighted by molar-refractivity contribution is 0.240. The Kier molecular flexibility index (Phi) is 8.06. The molecule has 0 aliphatic carbocycles. The van der Waals surface area contributed by atoms with E-state index in [1.54, 1.807) is 7.05 Å². The largest absolute Gasteiger partial charge is 0.396 e. The van der Waals surface area contributed by atoms with Gasteiger partial charge < -0.3 is 20.6 Å². The van der Waals surface area contributed by atoms with Gasteiger partial charge in [-0.15, -0.1) is 0 Å². The fraction of sp³-hybridized carbons (Fsp3) is 0.611. The first-order valence-corrected chi connectivity index (χ1v) is 8.13. The normalized spacial score (nSPS) is 14.0. The van der Waals surface area contributed by atoms with Gasteiger partial charge in [-0.1, -0.05) is 44.2 Å². The van der Waals surface area contributed by atoms with E-state index in [1.807, 2.05) is 30.3 Å². The lowest BCUT2D eigenvalue weighted by atomic mass is 9.93. The summed E-state index contributed by atoms with van der Waals surface area (Å²) in [6.45, 7) is 7.05. The van der Waals surface area contributed by atoms with Crippen LogP contribution in [-0.4, -0.2) is 63.4 Å². The first-order valence-electron chi connectivity index (χ1n) is 8.13. The molecule has 5 nitrogen and oxygen atoms in total. The van der Waals surface area contributed by atoms with E-state index < -0.39 is 0 Å². The van der Waals surface area contributed by atoms with Crippen LogP contribution in [0.5, 0.6) is 0 Å². The predicted molar refractivity (Wildman–Crippen MR) is 98.0 cm³/mol. The molecule has 0 saturated carbocycles. The van der Waals surface area contributed by atoms with Gasteiger partial charge in [0.25, 0.3) is 0 Å². The van der Waals surface area contributed by atoms with E-state index in [0.717, 1.165) is 24.6 Å². The van der Waals surface area contributed by atoms with Crippen molar-refractivity contribution in [3.8, 4) is 0 Å². The Morgan fingerprint density at radius 2 is 1.87 bits per heavy atom. The number of benzene rings is 1. The van der Waals surface area contributed by atoms with Gasteiger partial charge in [-0.2, -0.15) is 0 Å². The van der Waals surface area contributed by atoms with Gasteiger partial charge in [0.2, 0.25) is 0 Å². The molecule has 1 aromatic carbocycles. The molecule has 0 heterocycles. The van der Waals surface area contributed by atoms with Crippen LogP contribution >= 0.6 is 0 Å². The summed E-state index contributed by atoms with van der Waals surface area (Å²) in [4.78, 5) is 6.46. The number of aliphatic hydroxyl groups excluding tert-OH is 1. The fourth-order valence-electron chi connectivity index (χ4n) is 2.69. The number of aliphatic hydroxyl groups is 1. The highest BCUT2D eigenvalue weighted by atomic mass is 16.3. The zero-order chi connectivity index (χ0) is 17.3. The topological polar surface area (TPSA) is 59.9 Å². The number of guanidine groups is 1. The van der Waals surface area contributed by atoms with E-state index in [9.17, 15) is 5.11 Å². The van der Waals surface area contributed by atoms with Crippen molar-refractivity contribution in [2.24, 2.45) is 10.4 Å². The minimum absolute atomic E-state index is 0.0598. The van der Waals surface area contributed by atoms with Gasteiger partial charge in [0.15, 0.2) is 5.96 Å². The molecule has 0 radical (unpaired) electrons. The molecule has 1 aromatic rings. The first kappa shape index (κ1) is 19.5. The first-order chi connectivity index (χ1) is 10.9. The maximum absolute atomic E-state index is 9.62. The molecule has 130 valence electrons. The summed E-state index contributed by atoms with van der Waals surface area (Å²) in [5, 5.41) is 16.3. The van der Waals surface area contributed by atoms with E-state index >= 15 is 0 Å².